The van der Waals surface area contributed by atoms with Crippen molar-refractivity contribution in [3.8, 4) is 0 Å². The summed E-state index contributed by atoms with van der Waals surface area (Å²) in [7, 11) is 1.95. The van der Waals surface area contributed by atoms with Crippen LogP contribution in [0.3, 0.4) is 0 Å². The first-order valence-corrected chi connectivity index (χ1v) is 11.7. The van der Waals surface area contributed by atoms with Gasteiger partial charge in [-0.2, -0.15) is 0 Å². The second-order valence-corrected chi connectivity index (χ2v) is 9.65. The molecule has 1 N–H and O–H groups in total. The maximum Gasteiger partial charge on any atom is 0.234 e. The summed E-state index contributed by atoms with van der Waals surface area (Å²) in [5.74, 6) is 1.87. The van der Waals surface area contributed by atoms with Gasteiger partial charge in [0, 0.05) is 24.0 Å². The van der Waals surface area contributed by atoms with Gasteiger partial charge >= 0.3 is 0 Å². The minimum absolute atomic E-state index is 0.0205. The van der Waals surface area contributed by atoms with Crippen LogP contribution in [0.5, 0.6) is 0 Å². The molecule has 1 amide bonds. The Labute approximate surface area is 180 Å². The third-order valence-corrected chi connectivity index (χ3v) is 6.70. The molecule has 0 fully saturated rings. The molecule has 5 nitrogen and oxygen atoms in total. The van der Waals surface area contributed by atoms with E-state index in [1.807, 2.05) is 17.7 Å². The normalized spacial score (nSPS) is 11.4. The summed E-state index contributed by atoms with van der Waals surface area (Å²) in [5.41, 5.74) is 3.30. The number of hydrogen-bond donors (Lipinski definition) is 1. The molecule has 2 heterocycles. The lowest BCUT2D eigenvalue weighted by atomic mass is 9.92. The topological polar surface area (TPSA) is 59.8 Å². The number of para-hydroxylation sites is 1. The van der Waals surface area contributed by atoms with E-state index in [1.54, 1.807) is 11.3 Å². The molecule has 0 radical (unpaired) electrons. The van der Waals surface area contributed by atoms with Gasteiger partial charge in [-0.05, 0) is 34.4 Å². The molecule has 2 aromatic heterocycles. The number of nitrogens with zero attached hydrogens (tertiary/aromatic N) is 3. The average Bonchev–Trinajstić information content (AvgIpc) is 3.31. The van der Waals surface area contributed by atoms with Gasteiger partial charge in [-0.15, -0.1) is 21.5 Å². The molecule has 0 spiro atoms. The average molecular weight is 429 g/mol. The van der Waals surface area contributed by atoms with E-state index in [0.29, 0.717) is 17.6 Å². The van der Waals surface area contributed by atoms with E-state index in [0.717, 1.165) is 23.1 Å². The van der Waals surface area contributed by atoms with Crippen LogP contribution >= 0.6 is 23.1 Å². The first-order chi connectivity index (χ1) is 13.9. The molecule has 3 aromatic rings. The van der Waals surface area contributed by atoms with Crippen LogP contribution in [0, 0.1) is 0 Å². The summed E-state index contributed by atoms with van der Waals surface area (Å²) in [5, 5.41) is 14.5. The minimum atomic E-state index is -0.0205. The molecule has 3 rings (SSSR count). The van der Waals surface area contributed by atoms with E-state index in [4.69, 9.17) is 0 Å². The first-order valence-electron chi connectivity index (χ1n) is 9.83. The summed E-state index contributed by atoms with van der Waals surface area (Å²) in [6.07, 6.45) is 0.757. The van der Waals surface area contributed by atoms with Crippen LogP contribution in [0.1, 0.15) is 61.4 Å². The van der Waals surface area contributed by atoms with Crippen molar-refractivity contribution in [3.63, 3.8) is 0 Å². The van der Waals surface area contributed by atoms with E-state index >= 15 is 0 Å². The third-order valence-electron chi connectivity index (χ3n) is 4.81. The van der Waals surface area contributed by atoms with E-state index < -0.39 is 0 Å². The van der Waals surface area contributed by atoms with E-state index in [1.165, 1.54) is 27.8 Å². The number of thiophene rings is 1. The zero-order valence-electron chi connectivity index (χ0n) is 17.6. The van der Waals surface area contributed by atoms with Gasteiger partial charge in [-0.3, -0.25) is 4.79 Å². The molecule has 7 heteroatoms. The fourth-order valence-corrected chi connectivity index (χ4v) is 4.63. The standard InChI is InChI=1S/C22H28N4OS2/c1-14(2)17-9-6-10-18(15(3)4)21(17)23-20(27)13-29-22-25-24-19(26(22)5)12-16-8-7-11-28-16/h6-11,14-15H,12-13H2,1-5H3,(H,23,27). The van der Waals surface area contributed by atoms with Crippen molar-refractivity contribution in [2.24, 2.45) is 7.05 Å². The van der Waals surface area contributed by atoms with Crippen LogP contribution in [0.2, 0.25) is 0 Å². The first kappa shape index (κ1) is 21.6. The van der Waals surface area contributed by atoms with Crippen molar-refractivity contribution in [2.75, 3.05) is 11.1 Å². The molecule has 0 saturated carbocycles. The number of aromatic nitrogens is 3. The molecule has 0 atom stereocenters. The second-order valence-electron chi connectivity index (χ2n) is 7.67. The summed E-state index contributed by atoms with van der Waals surface area (Å²) in [4.78, 5) is 14.0. The number of rotatable bonds is 8. The predicted octanol–water partition coefficient (Wildman–Crippen LogP) is 5.45. The maximum atomic E-state index is 12.7. The van der Waals surface area contributed by atoms with E-state index in [-0.39, 0.29) is 5.91 Å². The van der Waals surface area contributed by atoms with Crippen LogP contribution in [0.4, 0.5) is 5.69 Å². The Morgan fingerprint density at radius 3 is 2.38 bits per heavy atom. The fourth-order valence-electron chi connectivity index (χ4n) is 3.19. The van der Waals surface area contributed by atoms with Crippen LogP contribution in [-0.2, 0) is 18.3 Å². The molecule has 154 valence electrons. The lowest BCUT2D eigenvalue weighted by Crippen LogP contribution is -2.18. The van der Waals surface area contributed by atoms with Crippen molar-refractivity contribution in [1.29, 1.82) is 0 Å². The number of hydrogen-bond acceptors (Lipinski definition) is 5. The lowest BCUT2D eigenvalue weighted by Gasteiger charge is -2.20. The molecular weight excluding hydrogens is 400 g/mol. The highest BCUT2D eigenvalue weighted by Crippen LogP contribution is 2.32. The molecular formula is C22H28N4OS2. The monoisotopic (exact) mass is 428 g/mol. The van der Waals surface area contributed by atoms with Gasteiger partial charge in [-0.25, -0.2) is 0 Å². The van der Waals surface area contributed by atoms with Crippen molar-refractivity contribution in [3.05, 3.63) is 57.5 Å². The number of benzene rings is 1. The molecule has 0 bridgehead atoms. The summed E-state index contributed by atoms with van der Waals surface area (Å²) in [6, 6.07) is 10.4. The molecule has 0 saturated heterocycles. The van der Waals surface area contributed by atoms with Gasteiger partial charge in [0.1, 0.15) is 5.82 Å². The number of carbonyl (C=O) groups is 1. The Hall–Kier alpha value is -2.12. The van der Waals surface area contributed by atoms with Crippen LogP contribution < -0.4 is 5.32 Å². The van der Waals surface area contributed by atoms with Gasteiger partial charge in [-0.1, -0.05) is 63.7 Å². The van der Waals surface area contributed by atoms with Crippen molar-refractivity contribution < 1.29 is 4.79 Å². The van der Waals surface area contributed by atoms with Crippen molar-refractivity contribution >= 4 is 34.7 Å². The molecule has 29 heavy (non-hydrogen) atoms. The Kier molecular flexibility index (Phi) is 7.14. The quantitative estimate of drug-likeness (QED) is 0.485. The number of carbonyl (C=O) groups excluding carboxylic acids is 1. The van der Waals surface area contributed by atoms with Crippen molar-refractivity contribution in [2.45, 2.75) is 51.1 Å². The van der Waals surface area contributed by atoms with Gasteiger partial charge in [0.25, 0.3) is 0 Å². The smallest absolute Gasteiger partial charge is 0.234 e. The molecule has 0 aliphatic heterocycles. The van der Waals surface area contributed by atoms with Crippen LogP contribution in [0.15, 0.2) is 40.9 Å². The minimum Gasteiger partial charge on any atom is -0.325 e. The molecule has 0 unspecified atom stereocenters. The lowest BCUT2D eigenvalue weighted by molar-refractivity contribution is -0.113. The number of anilines is 1. The molecule has 0 aliphatic carbocycles. The second kappa shape index (κ2) is 9.59. The SMILES string of the molecule is CC(C)c1cccc(C(C)C)c1NC(=O)CSc1nnc(Cc2cccs2)n1C. The largest absolute Gasteiger partial charge is 0.325 e. The molecule has 0 aliphatic rings. The van der Waals surface area contributed by atoms with Crippen molar-refractivity contribution in [1.82, 2.24) is 14.8 Å². The van der Waals surface area contributed by atoms with E-state index in [9.17, 15) is 4.79 Å². The third kappa shape index (κ3) is 5.28. The summed E-state index contributed by atoms with van der Waals surface area (Å²) in [6.45, 7) is 8.61. The predicted molar refractivity (Wildman–Crippen MR) is 122 cm³/mol. The number of nitrogens with one attached hydrogen (secondary N) is 1. The van der Waals surface area contributed by atoms with Crippen LogP contribution in [0.25, 0.3) is 0 Å². The van der Waals surface area contributed by atoms with Gasteiger partial charge in [0.05, 0.1) is 5.75 Å². The van der Waals surface area contributed by atoms with Gasteiger partial charge in [0.15, 0.2) is 5.16 Å². The Morgan fingerprint density at radius 2 is 1.79 bits per heavy atom. The summed E-state index contributed by atoms with van der Waals surface area (Å²) >= 11 is 3.13. The maximum absolute atomic E-state index is 12.7. The van der Waals surface area contributed by atoms with Gasteiger partial charge < -0.3 is 9.88 Å². The highest BCUT2D eigenvalue weighted by atomic mass is 32.2. The fraction of sp³-hybridized carbons (Fsp3) is 0.409. The Morgan fingerprint density at radius 1 is 1.10 bits per heavy atom. The zero-order valence-corrected chi connectivity index (χ0v) is 19.2. The van der Waals surface area contributed by atoms with E-state index in [2.05, 4.69) is 72.9 Å². The zero-order chi connectivity index (χ0) is 21.0. The highest BCUT2D eigenvalue weighted by molar-refractivity contribution is 7.99. The Bertz CT molecular complexity index is 935. The molecule has 1 aromatic carbocycles. The van der Waals surface area contributed by atoms with Gasteiger partial charge in [0.2, 0.25) is 5.91 Å². The Balaban J connectivity index is 1.67. The number of amides is 1. The number of thioether (sulfide) groups is 1. The highest BCUT2D eigenvalue weighted by Gasteiger charge is 2.17. The summed E-state index contributed by atoms with van der Waals surface area (Å²) < 4.78 is 1.97. The van der Waals surface area contributed by atoms with Crippen LogP contribution in [-0.4, -0.2) is 26.4 Å².